The standard InChI is InChI=1S/C12H10N4O7S/c1-23-9-10(18)16-8(12(19)20)6(2-5-3-13-15-14-5)7(4-17)24(21,22)11(9)16/h3,9,11H,2H2,1H3,(H,19,20)(H,13,14,15)/t9-,11-/m0/s1. The minimum Gasteiger partial charge on any atom is -0.477 e. The number of carbonyl (C=O) groups excluding carboxylic acids is 2. The molecule has 126 valence electrons. The van der Waals surface area contributed by atoms with Crippen LogP contribution in [-0.2, 0) is 35.4 Å². The van der Waals surface area contributed by atoms with Crippen molar-refractivity contribution in [3.05, 3.63) is 28.1 Å². The van der Waals surface area contributed by atoms with Crippen LogP contribution < -0.4 is 0 Å². The van der Waals surface area contributed by atoms with Crippen LogP contribution in [0.1, 0.15) is 5.69 Å². The molecule has 0 spiro atoms. The highest BCUT2D eigenvalue weighted by atomic mass is 32.2. The van der Waals surface area contributed by atoms with Crippen LogP contribution >= 0.6 is 0 Å². The third-order valence-corrected chi connectivity index (χ3v) is 5.76. The summed E-state index contributed by atoms with van der Waals surface area (Å²) in [6, 6.07) is 0. The third kappa shape index (κ3) is 2.01. The van der Waals surface area contributed by atoms with Gasteiger partial charge in [0.1, 0.15) is 11.6 Å². The summed E-state index contributed by atoms with van der Waals surface area (Å²) in [6.07, 6.45) is -0.458. The number of sulfone groups is 1. The Hall–Kier alpha value is -2.82. The second-order valence-corrected chi connectivity index (χ2v) is 6.98. The zero-order valence-electron chi connectivity index (χ0n) is 12.1. The molecule has 3 heterocycles. The van der Waals surface area contributed by atoms with E-state index in [0.717, 1.165) is 7.11 Å². The van der Waals surface area contributed by atoms with Gasteiger partial charge in [-0.3, -0.25) is 9.69 Å². The van der Waals surface area contributed by atoms with E-state index in [1.165, 1.54) is 12.1 Å². The first-order chi connectivity index (χ1) is 11.3. The lowest BCUT2D eigenvalue weighted by atomic mass is 10.0. The number of carboxylic acids is 1. The van der Waals surface area contributed by atoms with Crippen LogP contribution in [0.2, 0.25) is 0 Å². The molecular weight excluding hydrogens is 344 g/mol. The largest absolute Gasteiger partial charge is 0.477 e. The summed E-state index contributed by atoms with van der Waals surface area (Å²) in [6.45, 7) is 0. The highest BCUT2D eigenvalue weighted by Gasteiger charge is 2.62. The van der Waals surface area contributed by atoms with Crippen molar-refractivity contribution in [3.63, 3.8) is 0 Å². The van der Waals surface area contributed by atoms with E-state index in [9.17, 15) is 27.9 Å². The topological polar surface area (TPSA) is 160 Å². The molecule has 0 bridgehead atoms. The minimum absolute atomic E-state index is 0.196. The molecule has 0 saturated carbocycles. The highest BCUT2D eigenvalue weighted by molar-refractivity contribution is 7.96. The molecule has 24 heavy (non-hydrogen) atoms. The molecule has 0 aliphatic carbocycles. The molecule has 2 aliphatic rings. The van der Waals surface area contributed by atoms with Crippen molar-refractivity contribution in [1.29, 1.82) is 0 Å². The van der Waals surface area contributed by atoms with Crippen molar-refractivity contribution in [2.24, 2.45) is 0 Å². The second-order valence-electron chi connectivity index (χ2n) is 5.00. The summed E-state index contributed by atoms with van der Waals surface area (Å²) >= 11 is 0. The molecule has 0 unspecified atom stereocenters. The summed E-state index contributed by atoms with van der Waals surface area (Å²) in [5.41, 5.74) is -0.776. The van der Waals surface area contributed by atoms with Crippen LogP contribution in [0.5, 0.6) is 0 Å². The van der Waals surface area contributed by atoms with Gasteiger partial charge in [-0.15, -0.1) is 0 Å². The minimum atomic E-state index is -4.33. The first kappa shape index (κ1) is 16.1. The molecule has 1 saturated heterocycles. The quantitative estimate of drug-likeness (QED) is 0.461. The molecule has 3 rings (SSSR count). The Bertz CT molecular complexity index is 911. The van der Waals surface area contributed by atoms with Crippen LogP contribution in [0, 0.1) is 0 Å². The number of hydrogen-bond acceptors (Lipinski definition) is 8. The van der Waals surface area contributed by atoms with Crippen molar-refractivity contribution in [3.8, 4) is 0 Å². The molecule has 1 aromatic heterocycles. The van der Waals surface area contributed by atoms with Gasteiger partial charge in [0, 0.05) is 19.1 Å². The fourth-order valence-corrected chi connectivity index (χ4v) is 4.66. The van der Waals surface area contributed by atoms with Gasteiger partial charge in [-0.05, 0) is 0 Å². The number of hydrogen-bond donors (Lipinski definition) is 2. The normalized spacial score (nSPS) is 25.1. The van der Waals surface area contributed by atoms with E-state index in [4.69, 9.17) is 4.74 Å². The van der Waals surface area contributed by atoms with Gasteiger partial charge in [-0.1, -0.05) is 0 Å². The third-order valence-electron chi connectivity index (χ3n) is 3.77. The average Bonchev–Trinajstić information content (AvgIpc) is 3.01. The van der Waals surface area contributed by atoms with Gasteiger partial charge in [0.15, 0.2) is 16.4 Å². The van der Waals surface area contributed by atoms with Crippen LogP contribution in [-0.4, -0.2) is 70.2 Å². The fourth-order valence-electron chi connectivity index (χ4n) is 2.75. The smallest absolute Gasteiger partial charge is 0.353 e. The molecule has 11 nitrogen and oxygen atoms in total. The van der Waals surface area contributed by atoms with Crippen LogP contribution in [0.3, 0.4) is 0 Å². The number of carboxylic acid groups (broad SMARTS) is 1. The van der Waals surface area contributed by atoms with E-state index in [-0.39, 0.29) is 17.7 Å². The maximum atomic E-state index is 12.6. The Balaban J connectivity index is 2.25. The maximum Gasteiger partial charge on any atom is 0.353 e. The number of ether oxygens (including phenoxy) is 1. The monoisotopic (exact) mass is 354 g/mol. The van der Waals surface area contributed by atoms with Crippen LogP contribution in [0.25, 0.3) is 0 Å². The molecule has 2 aliphatic heterocycles. The molecular formula is C12H10N4O7S. The maximum absolute atomic E-state index is 12.6. The SMILES string of the molecule is CO[C@H]1C(=O)N2C(C(=O)O)=C(Cc3cn[nH]n3)C(=C=O)S(=O)(=O)[C@@H]12. The van der Waals surface area contributed by atoms with Gasteiger partial charge in [0.2, 0.25) is 9.84 Å². The van der Waals surface area contributed by atoms with E-state index < -0.39 is 43.8 Å². The van der Waals surface area contributed by atoms with Gasteiger partial charge in [0.05, 0.1) is 11.9 Å². The van der Waals surface area contributed by atoms with E-state index in [1.807, 2.05) is 0 Å². The first-order valence-corrected chi connectivity index (χ1v) is 8.05. The number of methoxy groups -OCH3 is 1. The zero-order valence-corrected chi connectivity index (χ0v) is 12.9. The summed E-state index contributed by atoms with van der Waals surface area (Å²) in [5.74, 6) is -1.07. The molecule has 1 fully saturated rings. The van der Waals surface area contributed by atoms with E-state index >= 15 is 0 Å². The number of nitrogens with one attached hydrogen (secondary N) is 1. The molecule has 0 radical (unpaired) electrons. The number of rotatable bonds is 4. The Morgan fingerprint density at radius 2 is 2.25 bits per heavy atom. The number of aromatic amines is 1. The molecule has 12 heteroatoms. The molecule has 1 amide bonds. The lowest BCUT2D eigenvalue weighted by molar-refractivity contribution is -0.162. The van der Waals surface area contributed by atoms with Gasteiger partial charge in [-0.2, -0.15) is 15.4 Å². The fraction of sp³-hybridized carbons (Fsp3) is 0.333. The first-order valence-electron chi connectivity index (χ1n) is 6.51. The lowest BCUT2D eigenvalue weighted by Crippen LogP contribution is -2.70. The summed E-state index contributed by atoms with van der Waals surface area (Å²) in [5, 5.41) is 17.4. The Morgan fingerprint density at radius 1 is 1.54 bits per heavy atom. The number of amides is 1. The van der Waals surface area contributed by atoms with Gasteiger partial charge in [0.25, 0.3) is 5.91 Å². The number of aromatic nitrogens is 3. The van der Waals surface area contributed by atoms with Gasteiger partial charge in [-0.25, -0.2) is 18.0 Å². The summed E-state index contributed by atoms with van der Waals surface area (Å²) in [4.78, 5) is 34.8. The highest BCUT2D eigenvalue weighted by Crippen LogP contribution is 2.42. The van der Waals surface area contributed by atoms with Gasteiger partial charge < -0.3 is 9.84 Å². The Kier molecular flexibility index (Phi) is 3.59. The predicted molar refractivity (Wildman–Crippen MR) is 74.3 cm³/mol. The van der Waals surface area contributed by atoms with Crippen LogP contribution in [0.4, 0.5) is 0 Å². The van der Waals surface area contributed by atoms with Crippen molar-refractivity contribution in [2.45, 2.75) is 17.9 Å². The number of β-lactam (4-membered cyclic amide) rings is 1. The predicted octanol–water partition coefficient (Wildman–Crippen LogP) is -1.99. The van der Waals surface area contributed by atoms with Crippen molar-refractivity contribution in [1.82, 2.24) is 20.3 Å². The van der Waals surface area contributed by atoms with Crippen molar-refractivity contribution >= 4 is 27.7 Å². The van der Waals surface area contributed by atoms with E-state index in [1.54, 1.807) is 0 Å². The Labute approximate surface area is 134 Å². The van der Waals surface area contributed by atoms with Crippen LogP contribution in [0.15, 0.2) is 22.4 Å². The van der Waals surface area contributed by atoms with Crippen molar-refractivity contribution < 1.29 is 32.6 Å². The molecule has 1 aromatic rings. The van der Waals surface area contributed by atoms with Crippen molar-refractivity contribution in [2.75, 3.05) is 7.11 Å². The number of nitrogens with zero attached hydrogens (tertiary/aromatic N) is 3. The zero-order chi connectivity index (χ0) is 17.6. The van der Waals surface area contributed by atoms with Gasteiger partial charge >= 0.3 is 5.97 Å². The number of fused-ring (bicyclic) bond motifs is 1. The molecule has 2 atom stereocenters. The molecule has 2 N–H and O–H groups in total. The average molecular weight is 354 g/mol. The number of H-pyrrole nitrogens is 1. The summed E-state index contributed by atoms with van der Waals surface area (Å²) in [7, 11) is -3.21. The van der Waals surface area contributed by atoms with E-state index in [0.29, 0.717) is 4.90 Å². The summed E-state index contributed by atoms with van der Waals surface area (Å²) < 4.78 is 30.0. The van der Waals surface area contributed by atoms with E-state index in [2.05, 4.69) is 15.4 Å². The number of aliphatic carboxylic acids is 1. The second kappa shape index (κ2) is 5.37. The number of allylic oxidation sites excluding steroid dienone is 1. The lowest BCUT2D eigenvalue weighted by Gasteiger charge is -2.48. The number of carbonyl (C=O) groups is 2. The Morgan fingerprint density at radius 3 is 2.75 bits per heavy atom. The molecule has 0 aromatic carbocycles.